The fourth-order valence-corrected chi connectivity index (χ4v) is 2.94. The Kier molecular flexibility index (Phi) is 5.11. The fraction of sp³-hybridized carbons (Fsp3) is 0.136. The second-order valence-corrected chi connectivity index (χ2v) is 6.53. The molecule has 1 heterocycles. The van der Waals surface area contributed by atoms with E-state index in [9.17, 15) is 4.79 Å². The Morgan fingerprint density at radius 3 is 2.41 bits per heavy atom. The number of aryl methyl sites for hydroxylation is 2. The van der Waals surface area contributed by atoms with Gasteiger partial charge in [-0.3, -0.25) is 0 Å². The van der Waals surface area contributed by atoms with E-state index in [1.54, 1.807) is 13.1 Å². The molecule has 29 heavy (non-hydrogen) atoms. The number of tetrazole rings is 1. The van der Waals surface area contributed by atoms with E-state index in [-0.39, 0.29) is 12.3 Å². The molecule has 4 rings (SSSR count). The minimum atomic E-state index is -0.340. The molecule has 146 valence electrons. The fourth-order valence-electron chi connectivity index (χ4n) is 2.94. The minimum Gasteiger partial charge on any atom is -0.486 e. The van der Waals surface area contributed by atoms with Crippen molar-refractivity contribution < 1.29 is 9.47 Å². The summed E-state index contributed by atoms with van der Waals surface area (Å²) in [5.41, 5.74) is 1.98. The average Bonchev–Trinajstić information content (AvgIpc) is 3.07. The van der Waals surface area contributed by atoms with Crippen LogP contribution in [0.4, 0.5) is 0 Å². The van der Waals surface area contributed by atoms with E-state index in [4.69, 9.17) is 9.47 Å². The molecule has 7 nitrogen and oxygen atoms in total. The second-order valence-electron chi connectivity index (χ2n) is 6.53. The highest BCUT2D eigenvalue weighted by Crippen LogP contribution is 2.29. The topological polar surface area (TPSA) is 71.2 Å². The molecule has 4 aromatic rings. The van der Waals surface area contributed by atoms with Gasteiger partial charge >= 0.3 is 5.69 Å². The first kappa shape index (κ1) is 18.5. The average molecular weight is 388 g/mol. The Labute approximate surface area is 167 Å². The Morgan fingerprint density at radius 2 is 1.66 bits per heavy atom. The van der Waals surface area contributed by atoms with Crippen molar-refractivity contribution in [2.75, 3.05) is 0 Å². The SMILES string of the molecule is Cc1cccc(-n2nnn(C)c2=O)c1OCc1ccccc1Oc1ccccc1. The van der Waals surface area contributed by atoms with Crippen molar-refractivity contribution in [3.8, 4) is 22.9 Å². The molecule has 7 heteroatoms. The summed E-state index contributed by atoms with van der Waals surface area (Å²) in [6.45, 7) is 2.20. The van der Waals surface area contributed by atoms with Crippen LogP contribution in [-0.4, -0.2) is 19.8 Å². The van der Waals surface area contributed by atoms with E-state index in [2.05, 4.69) is 10.4 Å². The molecule has 0 atom stereocenters. The van der Waals surface area contributed by atoms with Crippen molar-refractivity contribution in [1.29, 1.82) is 0 Å². The molecule has 0 aliphatic carbocycles. The smallest absolute Gasteiger partial charge is 0.368 e. The van der Waals surface area contributed by atoms with E-state index < -0.39 is 0 Å². The highest BCUT2D eigenvalue weighted by atomic mass is 16.5. The minimum absolute atomic E-state index is 0.274. The molecule has 0 bridgehead atoms. The summed E-state index contributed by atoms with van der Waals surface area (Å²) in [4.78, 5) is 12.3. The van der Waals surface area contributed by atoms with Crippen LogP contribution in [-0.2, 0) is 13.7 Å². The monoisotopic (exact) mass is 388 g/mol. The third kappa shape index (κ3) is 3.89. The number of nitrogens with zero attached hydrogens (tertiary/aromatic N) is 4. The molecule has 0 saturated carbocycles. The highest BCUT2D eigenvalue weighted by molar-refractivity contribution is 5.51. The lowest BCUT2D eigenvalue weighted by atomic mass is 10.2. The van der Waals surface area contributed by atoms with E-state index in [1.165, 1.54) is 9.36 Å². The van der Waals surface area contributed by atoms with Crippen LogP contribution in [0.5, 0.6) is 17.2 Å². The molecule has 0 amide bonds. The van der Waals surface area contributed by atoms with Crippen molar-refractivity contribution in [2.24, 2.45) is 7.05 Å². The Bertz CT molecular complexity index is 1180. The van der Waals surface area contributed by atoms with Gasteiger partial charge in [-0.05, 0) is 47.2 Å². The third-order valence-electron chi connectivity index (χ3n) is 4.46. The molecule has 0 aliphatic rings. The first-order valence-corrected chi connectivity index (χ1v) is 9.16. The highest BCUT2D eigenvalue weighted by Gasteiger charge is 2.15. The Hall–Kier alpha value is -3.87. The standard InChI is InChI=1S/C22H20N4O3/c1-16-9-8-13-19(26-22(27)25(2)23-24-26)21(16)28-15-17-10-6-7-14-20(17)29-18-11-4-3-5-12-18/h3-14H,15H2,1-2H3. The number of para-hydroxylation sites is 3. The van der Waals surface area contributed by atoms with Gasteiger partial charge in [0.1, 0.15) is 29.5 Å². The summed E-state index contributed by atoms with van der Waals surface area (Å²) in [5, 5.41) is 7.71. The molecular formula is C22H20N4O3. The summed E-state index contributed by atoms with van der Waals surface area (Å²) in [7, 11) is 1.55. The number of hydrogen-bond donors (Lipinski definition) is 0. The quantitative estimate of drug-likeness (QED) is 0.504. The molecule has 0 fully saturated rings. The van der Waals surface area contributed by atoms with Gasteiger partial charge < -0.3 is 9.47 Å². The number of aromatic nitrogens is 4. The van der Waals surface area contributed by atoms with E-state index in [0.29, 0.717) is 17.2 Å². The van der Waals surface area contributed by atoms with Gasteiger partial charge in [-0.15, -0.1) is 0 Å². The Morgan fingerprint density at radius 1 is 0.897 bits per heavy atom. The summed E-state index contributed by atoms with van der Waals surface area (Å²) < 4.78 is 14.5. The predicted octanol–water partition coefficient (Wildman–Crippen LogP) is 3.65. The van der Waals surface area contributed by atoms with Gasteiger partial charge in [0.15, 0.2) is 0 Å². The zero-order valence-corrected chi connectivity index (χ0v) is 16.1. The third-order valence-corrected chi connectivity index (χ3v) is 4.46. The maximum absolute atomic E-state index is 12.3. The summed E-state index contributed by atoms with van der Waals surface area (Å²) in [6.07, 6.45) is 0. The molecule has 0 aliphatic heterocycles. The first-order chi connectivity index (χ1) is 14.1. The van der Waals surface area contributed by atoms with Gasteiger partial charge in [0, 0.05) is 12.6 Å². The number of benzene rings is 3. The summed E-state index contributed by atoms with van der Waals surface area (Å²) in [6, 6.07) is 22.8. The first-order valence-electron chi connectivity index (χ1n) is 9.16. The zero-order chi connectivity index (χ0) is 20.2. The number of rotatable bonds is 6. The lowest BCUT2D eigenvalue weighted by Gasteiger charge is -2.15. The maximum Gasteiger partial charge on any atom is 0.368 e. The zero-order valence-electron chi connectivity index (χ0n) is 16.1. The molecule has 0 radical (unpaired) electrons. The van der Waals surface area contributed by atoms with Crippen LogP contribution < -0.4 is 15.2 Å². The van der Waals surface area contributed by atoms with Crippen LogP contribution in [0.3, 0.4) is 0 Å². The van der Waals surface area contributed by atoms with Crippen molar-refractivity contribution >= 4 is 0 Å². The molecule has 0 unspecified atom stereocenters. The molecule has 3 aromatic carbocycles. The maximum atomic E-state index is 12.3. The summed E-state index contributed by atoms with van der Waals surface area (Å²) in [5.74, 6) is 2.04. The summed E-state index contributed by atoms with van der Waals surface area (Å²) >= 11 is 0. The lowest BCUT2D eigenvalue weighted by Crippen LogP contribution is -2.22. The number of ether oxygens (including phenoxy) is 2. The van der Waals surface area contributed by atoms with Crippen LogP contribution in [0.1, 0.15) is 11.1 Å². The molecule has 0 N–H and O–H groups in total. The van der Waals surface area contributed by atoms with Gasteiger partial charge in [-0.2, -0.15) is 9.36 Å². The van der Waals surface area contributed by atoms with Crippen molar-refractivity contribution in [3.63, 3.8) is 0 Å². The van der Waals surface area contributed by atoms with Crippen LogP contribution in [0, 0.1) is 6.92 Å². The van der Waals surface area contributed by atoms with Crippen LogP contribution >= 0.6 is 0 Å². The van der Waals surface area contributed by atoms with Crippen LogP contribution in [0.2, 0.25) is 0 Å². The van der Waals surface area contributed by atoms with E-state index in [0.717, 1.165) is 16.9 Å². The Balaban J connectivity index is 1.62. The van der Waals surface area contributed by atoms with Crippen molar-refractivity contribution in [3.05, 3.63) is 94.4 Å². The largest absolute Gasteiger partial charge is 0.486 e. The number of hydrogen-bond acceptors (Lipinski definition) is 5. The van der Waals surface area contributed by atoms with Crippen LogP contribution in [0.15, 0.2) is 77.6 Å². The molecular weight excluding hydrogens is 368 g/mol. The van der Waals surface area contributed by atoms with Crippen molar-refractivity contribution in [2.45, 2.75) is 13.5 Å². The van der Waals surface area contributed by atoms with Gasteiger partial charge in [0.2, 0.25) is 0 Å². The molecule has 0 saturated heterocycles. The van der Waals surface area contributed by atoms with Gasteiger partial charge in [-0.25, -0.2) is 4.79 Å². The second kappa shape index (κ2) is 8.02. The predicted molar refractivity (Wildman–Crippen MR) is 109 cm³/mol. The van der Waals surface area contributed by atoms with E-state index in [1.807, 2.05) is 73.7 Å². The molecule has 1 aromatic heterocycles. The van der Waals surface area contributed by atoms with Crippen molar-refractivity contribution in [1.82, 2.24) is 19.8 Å². The van der Waals surface area contributed by atoms with E-state index >= 15 is 0 Å². The van der Waals surface area contributed by atoms with Crippen LogP contribution in [0.25, 0.3) is 5.69 Å². The lowest BCUT2D eigenvalue weighted by molar-refractivity contribution is 0.296. The van der Waals surface area contributed by atoms with Gasteiger partial charge in [-0.1, -0.05) is 48.5 Å². The molecule has 0 spiro atoms. The normalized spacial score (nSPS) is 10.7. The van der Waals surface area contributed by atoms with Gasteiger partial charge in [0.25, 0.3) is 0 Å². The van der Waals surface area contributed by atoms with Gasteiger partial charge in [0.05, 0.1) is 0 Å².